The number of rotatable bonds is 4. The lowest BCUT2D eigenvalue weighted by atomic mass is 10.0. The Labute approximate surface area is 144 Å². The van der Waals surface area contributed by atoms with Gasteiger partial charge in [0, 0.05) is 41.9 Å². The summed E-state index contributed by atoms with van der Waals surface area (Å²) in [5.74, 6) is 0.298. The predicted molar refractivity (Wildman–Crippen MR) is 91.0 cm³/mol. The van der Waals surface area contributed by atoms with E-state index in [-0.39, 0.29) is 30.6 Å². The van der Waals surface area contributed by atoms with Gasteiger partial charge in [0.2, 0.25) is 11.8 Å². The first-order valence-corrected chi connectivity index (χ1v) is 8.12. The van der Waals surface area contributed by atoms with Gasteiger partial charge in [-0.25, -0.2) is 0 Å². The van der Waals surface area contributed by atoms with Crippen LogP contribution in [0, 0.1) is 5.92 Å². The molecule has 2 heterocycles. The van der Waals surface area contributed by atoms with E-state index >= 15 is 0 Å². The Kier molecular flexibility index (Phi) is 5.97. The van der Waals surface area contributed by atoms with Crippen LogP contribution in [-0.4, -0.2) is 36.7 Å². The van der Waals surface area contributed by atoms with Crippen LogP contribution in [0.15, 0.2) is 23.1 Å². The highest BCUT2D eigenvalue weighted by Crippen LogP contribution is 2.38. The molecular weight excluding hydrogens is 345 g/mol. The summed E-state index contributed by atoms with van der Waals surface area (Å²) in [7, 11) is 0. The molecule has 3 N–H and O–H groups in total. The molecule has 22 heavy (non-hydrogen) atoms. The third kappa shape index (κ3) is 4.07. The third-order valence-electron chi connectivity index (χ3n) is 3.59. The number of fused-ring (bicyclic) bond motifs is 1. The Hall–Kier alpha value is -0.950. The molecule has 0 saturated carbocycles. The normalized spacial score (nSPS) is 20.2. The average Bonchev–Trinajstić information content (AvgIpc) is 2.38. The molecule has 3 rings (SSSR count). The molecule has 1 aromatic rings. The summed E-state index contributed by atoms with van der Waals surface area (Å²) in [5.41, 5.74) is 0.717. The molecule has 1 aromatic carbocycles. The molecule has 8 heteroatoms. The topological polar surface area (TPSA) is 70.2 Å². The number of carbonyl (C=O) groups is 2. The fourth-order valence-electron chi connectivity index (χ4n) is 2.25. The van der Waals surface area contributed by atoms with E-state index in [1.54, 1.807) is 12.1 Å². The van der Waals surface area contributed by atoms with Crippen LogP contribution in [0.1, 0.15) is 6.42 Å². The van der Waals surface area contributed by atoms with Crippen LogP contribution in [0.3, 0.4) is 0 Å². The van der Waals surface area contributed by atoms with Crippen molar-refractivity contribution in [1.82, 2.24) is 10.6 Å². The minimum absolute atomic E-state index is 0. The highest BCUT2D eigenvalue weighted by atomic mass is 35.5. The van der Waals surface area contributed by atoms with Gasteiger partial charge in [-0.3, -0.25) is 9.59 Å². The zero-order valence-corrected chi connectivity index (χ0v) is 14.1. The van der Waals surface area contributed by atoms with Gasteiger partial charge in [0.05, 0.1) is 10.9 Å². The number of thioether (sulfide) groups is 1. The zero-order chi connectivity index (χ0) is 14.8. The monoisotopic (exact) mass is 361 g/mol. The van der Waals surface area contributed by atoms with E-state index in [0.29, 0.717) is 17.5 Å². The lowest BCUT2D eigenvalue weighted by Crippen LogP contribution is -2.48. The minimum Gasteiger partial charge on any atom is -0.356 e. The standard InChI is InChI=1S/C14H16ClN3O2S.ClH/c15-9-1-2-11-10(3-9)18-14(20)12(21-11)4-13(19)17-7-8-5-16-6-8;/h1-3,8,12,16H,4-7H2,(H,17,19)(H,18,20);1H. The Morgan fingerprint density at radius 3 is 2.86 bits per heavy atom. The minimum atomic E-state index is -0.391. The fourth-order valence-corrected chi connectivity index (χ4v) is 3.51. The summed E-state index contributed by atoms with van der Waals surface area (Å²) < 4.78 is 0. The predicted octanol–water partition coefficient (Wildman–Crippen LogP) is 1.90. The Balaban J connectivity index is 0.00000176. The summed E-state index contributed by atoms with van der Waals surface area (Å²) in [6, 6.07) is 5.37. The number of benzene rings is 1. The maximum Gasteiger partial charge on any atom is 0.238 e. The smallest absolute Gasteiger partial charge is 0.238 e. The van der Waals surface area contributed by atoms with Crippen LogP contribution >= 0.6 is 35.8 Å². The number of anilines is 1. The molecule has 2 aliphatic rings. The van der Waals surface area contributed by atoms with Crippen molar-refractivity contribution < 1.29 is 9.59 Å². The second-order valence-corrected chi connectivity index (χ2v) is 6.95. The Morgan fingerprint density at radius 1 is 1.41 bits per heavy atom. The molecule has 1 unspecified atom stereocenters. The molecule has 0 spiro atoms. The number of hydrogen-bond acceptors (Lipinski definition) is 4. The van der Waals surface area contributed by atoms with Crippen LogP contribution in [0.25, 0.3) is 0 Å². The summed E-state index contributed by atoms with van der Waals surface area (Å²) in [4.78, 5) is 24.9. The number of amides is 2. The molecule has 1 saturated heterocycles. The molecule has 2 aliphatic heterocycles. The van der Waals surface area contributed by atoms with E-state index in [1.165, 1.54) is 11.8 Å². The SMILES string of the molecule is Cl.O=C(CC1Sc2ccc(Cl)cc2NC1=O)NCC1CNC1. The van der Waals surface area contributed by atoms with E-state index < -0.39 is 5.25 Å². The largest absolute Gasteiger partial charge is 0.356 e. The lowest BCUT2D eigenvalue weighted by molar-refractivity contribution is -0.124. The van der Waals surface area contributed by atoms with Gasteiger partial charge in [0.15, 0.2) is 0 Å². The number of carbonyl (C=O) groups excluding carboxylic acids is 2. The van der Waals surface area contributed by atoms with Gasteiger partial charge in [0.1, 0.15) is 0 Å². The Bertz CT molecular complexity index is 581. The van der Waals surface area contributed by atoms with E-state index in [4.69, 9.17) is 11.6 Å². The Morgan fingerprint density at radius 2 is 2.18 bits per heavy atom. The maximum absolute atomic E-state index is 12.0. The second-order valence-electron chi connectivity index (χ2n) is 5.27. The number of halogens is 2. The van der Waals surface area contributed by atoms with E-state index in [0.717, 1.165) is 23.7 Å². The van der Waals surface area contributed by atoms with Gasteiger partial charge >= 0.3 is 0 Å². The first kappa shape index (κ1) is 17.4. The van der Waals surface area contributed by atoms with Gasteiger partial charge in [0.25, 0.3) is 0 Å². The van der Waals surface area contributed by atoms with Gasteiger partial charge in [-0.15, -0.1) is 24.2 Å². The van der Waals surface area contributed by atoms with E-state index in [2.05, 4.69) is 16.0 Å². The van der Waals surface area contributed by atoms with Gasteiger partial charge < -0.3 is 16.0 Å². The molecule has 0 radical (unpaired) electrons. The van der Waals surface area contributed by atoms with Crippen molar-refractivity contribution in [1.29, 1.82) is 0 Å². The van der Waals surface area contributed by atoms with Crippen molar-refractivity contribution in [2.45, 2.75) is 16.6 Å². The van der Waals surface area contributed by atoms with Crippen LogP contribution < -0.4 is 16.0 Å². The van der Waals surface area contributed by atoms with Crippen LogP contribution in [0.5, 0.6) is 0 Å². The van der Waals surface area contributed by atoms with E-state index in [9.17, 15) is 9.59 Å². The number of hydrogen-bond donors (Lipinski definition) is 3. The van der Waals surface area contributed by atoms with Crippen molar-refractivity contribution in [3.63, 3.8) is 0 Å². The molecule has 120 valence electrons. The molecule has 2 amide bonds. The molecule has 0 aliphatic carbocycles. The van der Waals surface area contributed by atoms with Crippen molar-refractivity contribution >= 4 is 53.3 Å². The fraction of sp³-hybridized carbons (Fsp3) is 0.429. The van der Waals surface area contributed by atoms with Crippen molar-refractivity contribution in [3.05, 3.63) is 23.2 Å². The molecule has 1 fully saturated rings. The summed E-state index contributed by atoms with van der Waals surface area (Å²) in [6.07, 6.45) is 0.193. The van der Waals surface area contributed by atoms with Gasteiger partial charge in [-0.05, 0) is 18.2 Å². The maximum atomic E-state index is 12.0. The van der Waals surface area contributed by atoms with Crippen LogP contribution in [-0.2, 0) is 9.59 Å². The molecule has 0 bridgehead atoms. The zero-order valence-electron chi connectivity index (χ0n) is 11.7. The van der Waals surface area contributed by atoms with Crippen molar-refractivity contribution in [2.24, 2.45) is 5.92 Å². The molecule has 0 aromatic heterocycles. The highest BCUT2D eigenvalue weighted by Gasteiger charge is 2.29. The second kappa shape index (κ2) is 7.55. The highest BCUT2D eigenvalue weighted by molar-refractivity contribution is 8.01. The molecule has 1 atom stereocenters. The van der Waals surface area contributed by atoms with E-state index in [1.807, 2.05) is 6.07 Å². The molecule has 5 nitrogen and oxygen atoms in total. The summed E-state index contributed by atoms with van der Waals surface area (Å²) in [5, 5.41) is 9.05. The number of nitrogens with one attached hydrogen (secondary N) is 3. The molecular formula is C14H17Cl2N3O2S. The van der Waals surface area contributed by atoms with Gasteiger partial charge in [-0.2, -0.15) is 0 Å². The van der Waals surface area contributed by atoms with Gasteiger partial charge in [-0.1, -0.05) is 11.6 Å². The lowest BCUT2D eigenvalue weighted by Gasteiger charge is -2.28. The van der Waals surface area contributed by atoms with Crippen LogP contribution in [0.2, 0.25) is 5.02 Å². The first-order chi connectivity index (χ1) is 10.1. The first-order valence-electron chi connectivity index (χ1n) is 6.86. The summed E-state index contributed by atoms with van der Waals surface area (Å²) >= 11 is 7.32. The van der Waals surface area contributed by atoms with Crippen molar-refractivity contribution in [3.8, 4) is 0 Å². The third-order valence-corrected chi connectivity index (χ3v) is 5.10. The quantitative estimate of drug-likeness (QED) is 0.765. The summed E-state index contributed by atoms with van der Waals surface area (Å²) in [6.45, 7) is 2.58. The average molecular weight is 362 g/mol. The van der Waals surface area contributed by atoms with Crippen molar-refractivity contribution in [2.75, 3.05) is 25.0 Å². The van der Waals surface area contributed by atoms with Crippen LogP contribution in [0.4, 0.5) is 5.69 Å².